The highest BCUT2D eigenvalue weighted by molar-refractivity contribution is 6.30. The number of aliphatic hydroxyl groups excluding tert-OH is 2. The van der Waals surface area contributed by atoms with Gasteiger partial charge in [0.05, 0.1) is 11.6 Å². The minimum absolute atomic E-state index is 0.0114. The Labute approximate surface area is 183 Å². The Morgan fingerprint density at radius 3 is 2.55 bits per heavy atom. The van der Waals surface area contributed by atoms with E-state index in [-0.39, 0.29) is 42.5 Å². The fraction of sp³-hybridized carbons (Fsp3) is 0.619. The van der Waals surface area contributed by atoms with E-state index in [0.717, 1.165) is 31.7 Å². The molecule has 3 fully saturated rings. The number of urea groups is 1. The molecular formula is C21H26ClF2N3O4. The van der Waals surface area contributed by atoms with Crippen LogP contribution in [0.5, 0.6) is 0 Å². The number of β-amino-alcohol motifs (C(OH)–C–C–N with tert-alkyl or cyclic N) is 1. The minimum Gasteiger partial charge on any atom is -0.395 e. The Hall–Kier alpha value is -1.81. The smallest absolute Gasteiger partial charge is 0.325 e. The molecule has 2 atom stereocenters. The molecule has 170 valence electrons. The first-order valence-electron chi connectivity index (χ1n) is 10.6. The molecule has 0 radical (unpaired) electrons. The molecule has 1 aromatic rings. The van der Waals surface area contributed by atoms with Crippen LogP contribution in [-0.4, -0.2) is 52.0 Å². The second-order valence-corrected chi connectivity index (χ2v) is 9.13. The van der Waals surface area contributed by atoms with Crippen LogP contribution in [0.1, 0.15) is 50.1 Å². The molecule has 4 rings (SSSR count). The van der Waals surface area contributed by atoms with Gasteiger partial charge in [-0.2, -0.15) is 0 Å². The lowest BCUT2D eigenvalue weighted by atomic mass is 9.66. The Bertz CT molecular complexity index is 874. The fourth-order valence-electron chi connectivity index (χ4n) is 5.34. The second-order valence-electron chi connectivity index (χ2n) is 8.73. The number of nitrogens with one attached hydrogen (secondary N) is 2. The van der Waals surface area contributed by atoms with Crippen molar-refractivity contribution in [2.45, 2.75) is 56.3 Å². The van der Waals surface area contributed by atoms with Crippen LogP contribution in [0.15, 0.2) is 12.1 Å². The SMILES string of the molecule is O=C1NC(=O)C2(CC(C(O)N[C@H](c3c(F)ccc(Cl)c3F)C3CCCC3)C2)N1CCO. The molecule has 31 heavy (non-hydrogen) atoms. The standard InChI is InChI=1S/C21H26ClF2N3O4/c22-13-5-6-14(23)15(16(13)24)17(11-3-1-2-4-11)25-18(29)12-9-21(10-12)19(30)26-20(31)27(21)7-8-28/h5-6,11-12,17-18,25,28-29H,1-4,7-10H2,(H,26,30,31)/t12?,17-,18?,21?/m0/s1. The number of hydrogen-bond acceptors (Lipinski definition) is 5. The van der Waals surface area contributed by atoms with Gasteiger partial charge in [-0.25, -0.2) is 13.6 Å². The van der Waals surface area contributed by atoms with Crippen LogP contribution in [0.25, 0.3) is 0 Å². The first-order chi connectivity index (χ1) is 14.8. The van der Waals surface area contributed by atoms with Crippen molar-refractivity contribution in [1.29, 1.82) is 0 Å². The summed E-state index contributed by atoms with van der Waals surface area (Å²) in [6, 6.07) is 0.960. The lowest BCUT2D eigenvalue weighted by molar-refractivity contribution is -0.139. The predicted octanol–water partition coefficient (Wildman–Crippen LogP) is 2.45. The molecule has 3 amide bonds. The zero-order valence-electron chi connectivity index (χ0n) is 16.9. The van der Waals surface area contributed by atoms with Crippen LogP contribution >= 0.6 is 11.6 Å². The number of amides is 3. The summed E-state index contributed by atoms with van der Waals surface area (Å²) in [5.74, 6) is -2.47. The molecule has 0 bridgehead atoms. The summed E-state index contributed by atoms with van der Waals surface area (Å²) in [5, 5.41) is 25.1. The predicted molar refractivity (Wildman–Crippen MR) is 108 cm³/mol. The average Bonchev–Trinajstić information content (AvgIpc) is 3.30. The van der Waals surface area contributed by atoms with E-state index in [0.29, 0.717) is 0 Å². The van der Waals surface area contributed by atoms with Crippen molar-refractivity contribution in [2.75, 3.05) is 13.2 Å². The first kappa shape index (κ1) is 22.4. The number of rotatable bonds is 7. The van der Waals surface area contributed by atoms with Gasteiger partial charge in [0.1, 0.15) is 23.4 Å². The number of carbonyl (C=O) groups is 2. The summed E-state index contributed by atoms with van der Waals surface area (Å²) in [6.07, 6.45) is 2.67. The third kappa shape index (κ3) is 3.82. The molecule has 1 heterocycles. The Balaban J connectivity index is 1.52. The number of carbonyl (C=O) groups excluding carboxylic acids is 2. The summed E-state index contributed by atoms with van der Waals surface area (Å²) in [7, 11) is 0. The van der Waals surface area contributed by atoms with Crippen LogP contribution in [0.3, 0.4) is 0 Å². The molecule has 2 aliphatic carbocycles. The zero-order chi connectivity index (χ0) is 22.3. The maximum Gasteiger partial charge on any atom is 0.325 e. The highest BCUT2D eigenvalue weighted by Crippen LogP contribution is 2.47. The van der Waals surface area contributed by atoms with Gasteiger partial charge in [0.2, 0.25) is 0 Å². The van der Waals surface area contributed by atoms with Gasteiger partial charge in [-0.1, -0.05) is 24.4 Å². The molecule has 0 aromatic heterocycles. The van der Waals surface area contributed by atoms with Crippen molar-refractivity contribution < 1.29 is 28.6 Å². The van der Waals surface area contributed by atoms with Crippen LogP contribution in [0.2, 0.25) is 5.02 Å². The fourth-order valence-corrected chi connectivity index (χ4v) is 5.51. The van der Waals surface area contributed by atoms with Crippen molar-refractivity contribution >= 4 is 23.5 Å². The molecule has 1 unspecified atom stereocenters. The third-order valence-corrected chi connectivity index (χ3v) is 7.28. The summed E-state index contributed by atoms with van der Waals surface area (Å²) in [6.45, 7) is -0.275. The highest BCUT2D eigenvalue weighted by atomic mass is 35.5. The van der Waals surface area contributed by atoms with E-state index in [9.17, 15) is 28.6 Å². The number of benzene rings is 1. The third-order valence-electron chi connectivity index (χ3n) is 6.99. The van der Waals surface area contributed by atoms with E-state index in [1.165, 1.54) is 11.0 Å². The van der Waals surface area contributed by atoms with Gasteiger partial charge in [0.15, 0.2) is 0 Å². The normalized spacial score (nSPS) is 28.2. The Kier molecular flexibility index (Phi) is 6.22. The quantitative estimate of drug-likeness (QED) is 0.286. The molecule has 7 nitrogen and oxygen atoms in total. The molecule has 1 aromatic carbocycles. The number of imide groups is 1. The molecule has 10 heteroatoms. The van der Waals surface area contributed by atoms with Gasteiger partial charge in [-0.15, -0.1) is 0 Å². The molecule has 1 spiro atoms. The van der Waals surface area contributed by atoms with E-state index in [2.05, 4.69) is 10.6 Å². The van der Waals surface area contributed by atoms with Crippen molar-refractivity contribution in [3.8, 4) is 0 Å². The molecule has 3 aliphatic rings. The molecule has 1 aliphatic heterocycles. The van der Waals surface area contributed by atoms with E-state index in [1.807, 2.05) is 0 Å². The van der Waals surface area contributed by atoms with Gasteiger partial charge >= 0.3 is 6.03 Å². The van der Waals surface area contributed by atoms with Crippen LogP contribution in [-0.2, 0) is 4.79 Å². The lowest BCUT2D eigenvalue weighted by Crippen LogP contribution is -2.63. The number of aliphatic hydroxyl groups is 2. The molecule has 1 saturated heterocycles. The maximum atomic E-state index is 14.8. The van der Waals surface area contributed by atoms with Gasteiger partial charge in [0.25, 0.3) is 5.91 Å². The van der Waals surface area contributed by atoms with E-state index >= 15 is 0 Å². The zero-order valence-corrected chi connectivity index (χ0v) is 17.7. The van der Waals surface area contributed by atoms with E-state index in [4.69, 9.17) is 11.6 Å². The van der Waals surface area contributed by atoms with Crippen molar-refractivity contribution in [3.63, 3.8) is 0 Å². The van der Waals surface area contributed by atoms with Crippen LogP contribution < -0.4 is 10.6 Å². The van der Waals surface area contributed by atoms with Gasteiger partial charge in [-0.05, 0) is 43.7 Å². The molecular weight excluding hydrogens is 432 g/mol. The maximum absolute atomic E-state index is 14.8. The van der Waals surface area contributed by atoms with Gasteiger partial charge in [0, 0.05) is 24.1 Å². The largest absolute Gasteiger partial charge is 0.395 e. The average molecular weight is 458 g/mol. The summed E-state index contributed by atoms with van der Waals surface area (Å²) in [5.41, 5.74) is -1.27. The minimum atomic E-state index is -1.13. The van der Waals surface area contributed by atoms with Gasteiger partial charge < -0.3 is 15.1 Å². The summed E-state index contributed by atoms with van der Waals surface area (Å²) < 4.78 is 29.4. The summed E-state index contributed by atoms with van der Waals surface area (Å²) >= 11 is 5.90. The number of halogens is 3. The Morgan fingerprint density at radius 2 is 1.90 bits per heavy atom. The number of hydrogen-bond donors (Lipinski definition) is 4. The lowest BCUT2D eigenvalue weighted by Gasteiger charge is -2.49. The van der Waals surface area contributed by atoms with Crippen molar-refractivity contribution in [1.82, 2.24) is 15.5 Å². The number of nitrogens with zero attached hydrogens (tertiary/aromatic N) is 1. The molecule has 2 saturated carbocycles. The highest BCUT2D eigenvalue weighted by Gasteiger charge is 2.61. The van der Waals surface area contributed by atoms with Gasteiger partial charge in [-0.3, -0.25) is 15.4 Å². The topological polar surface area (TPSA) is 102 Å². The first-order valence-corrected chi connectivity index (χ1v) is 11.0. The second kappa shape index (κ2) is 8.61. The van der Waals surface area contributed by atoms with E-state index < -0.39 is 47.3 Å². The van der Waals surface area contributed by atoms with Crippen LogP contribution in [0.4, 0.5) is 13.6 Å². The van der Waals surface area contributed by atoms with Crippen LogP contribution in [0, 0.1) is 23.5 Å². The van der Waals surface area contributed by atoms with E-state index in [1.54, 1.807) is 0 Å². The van der Waals surface area contributed by atoms with Crippen molar-refractivity contribution in [3.05, 3.63) is 34.4 Å². The van der Waals surface area contributed by atoms with Crippen molar-refractivity contribution in [2.24, 2.45) is 11.8 Å². The monoisotopic (exact) mass is 457 g/mol. The molecule has 4 N–H and O–H groups in total. The Morgan fingerprint density at radius 1 is 1.23 bits per heavy atom. The summed E-state index contributed by atoms with van der Waals surface area (Å²) in [4.78, 5) is 25.7.